The highest BCUT2D eigenvalue weighted by molar-refractivity contribution is 6.05. The Bertz CT molecular complexity index is 812. The first kappa shape index (κ1) is 18.7. The van der Waals surface area contributed by atoms with E-state index in [1.54, 1.807) is 7.11 Å². The minimum atomic E-state index is -0.0968. The highest BCUT2D eigenvalue weighted by atomic mass is 16.5. The molecule has 0 spiro atoms. The van der Waals surface area contributed by atoms with Crippen molar-refractivity contribution < 1.29 is 9.53 Å². The third kappa shape index (κ3) is 3.18. The molecule has 26 heavy (non-hydrogen) atoms. The maximum absolute atomic E-state index is 13.0. The minimum Gasteiger partial charge on any atom is -0.496 e. The maximum Gasteiger partial charge on any atom is 0.170 e. The van der Waals surface area contributed by atoms with Crippen molar-refractivity contribution in [2.75, 3.05) is 7.11 Å². The predicted molar refractivity (Wildman–Crippen MR) is 108 cm³/mol. The number of hydrogen-bond donors (Lipinski definition) is 0. The van der Waals surface area contributed by atoms with Crippen LogP contribution in [0.25, 0.3) is 0 Å². The average molecular weight is 351 g/mol. The first-order valence-electron chi connectivity index (χ1n) is 9.39. The molecule has 0 fully saturated rings. The van der Waals surface area contributed by atoms with Crippen LogP contribution in [0, 0.1) is 0 Å². The van der Waals surface area contributed by atoms with E-state index in [1.165, 1.54) is 11.1 Å². The van der Waals surface area contributed by atoms with Gasteiger partial charge in [-0.1, -0.05) is 77.9 Å². The van der Waals surface area contributed by atoms with E-state index >= 15 is 0 Å². The number of ether oxygens (including phenoxy) is 1. The Balaban J connectivity index is 2.19. The lowest BCUT2D eigenvalue weighted by Gasteiger charge is -2.30. The fourth-order valence-corrected chi connectivity index (χ4v) is 3.89. The zero-order valence-electron chi connectivity index (χ0n) is 17.1. The van der Waals surface area contributed by atoms with Gasteiger partial charge in [0.15, 0.2) is 5.78 Å². The summed E-state index contributed by atoms with van der Waals surface area (Å²) in [7, 11) is 1.75. The van der Waals surface area contributed by atoms with Gasteiger partial charge in [0, 0.05) is 16.7 Å². The first-order valence-corrected chi connectivity index (χ1v) is 9.39. The van der Waals surface area contributed by atoms with Gasteiger partial charge in [0.05, 0.1) is 13.0 Å². The molecule has 0 aliphatic heterocycles. The van der Waals surface area contributed by atoms with Crippen molar-refractivity contribution in [1.82, 2.24) is 0 Å². The second-order valence-corrected chi connectivity index (χ2v) is 9.43. The van der Waals surface area contributed by atoms with Gasteiger partial charge in [0.2, 0.25) is 0 Å². The van der Waals surface area contributed by atoms with E-state index in [2.05, 4.69) is 59.7 Å². The number of fused-ring (bicyclic) bond motifs is 1. The van der Waals surface area contributed by atoms with Gasteiger partial charge in [-0.2, -0.15) is 0 Å². The topological polar surface area (TPSA) is 26.3 Å². The summed E-state index contributed by atoms with van der Waals surface area (Å²) in [4.78, 5) is 13.0. The molecular weight excluding hydrogens is 320 g/mol. The summed E-state index contributed by atoms with van der Waals surface area (Å²) < 4.78 is 5.85. The predicted octanol–water partition coefficient (Wildman–Crippen LogP) is 5.81. The average Bonchev–Trinajstić information content (AvgIpc) is 2.89. The van der Waals surface area contributed by atoms with Crippen molar-refractivity contribution >= 4 is 5.78 Å². The molecule has 1 aliphatic rings. The van der Waals surface area contributed by atoms with Crippen LogP contribution in [0.1, 0.15) is 80.1 Å². The zero-order chi connectivity index (χ0) is 19.3. The Morgan fingerprint density at radius 1 is 0.923 bits per heavy atom. The van der Waals surface area contributed by atoms with E-state index in [-0.39, 0.29) is 22.5 Å². The molecule has 0 amide bonds. The highest BCUT2D eigenvalue weighted by Crippen LogP contribution is 2.44. The normalized spacial score (nSPS) is 17.3. The Hall–Kier alpha value is -2.09. The summed E-state index contributed by atoms with van der Waals surface area (Å²) in [6.07, 6.45) is 0.786. The summed E-state index contributed by atoms with van der Waals surface area (Å²) in [6, 6.07) is 12.4. The molecule has 1 unspecified atom stereocenters. The van der Waals surface area contributed by atoms with Crippen molar-refractivity contribution in [3.63, 3.8) is 0 Å². The molecule has 0 saturated carbocycles. The molecule has 1 atom stereocenters. The third-order valence-corrected chi connectivity index (χ3v) is 5.36. The van der Waals surface area contributed by atoms with Crippen molar-refractivity contribution in [3.8, 4) is 5.75 Å². The third-order valence-electron chi connectivity index (χ3n) is 5.36. The molecule has 2 aromatic rings. The SMILES string of the molecule is COc1c(C(C)(C)C)cc(C2Cc3ccccc3C2=O)cc1C(C)(C)C. The Labute approximate surface area is 157 Å². The number of hydrogen-bond acceptors (Lipinski definition) is 2. The van der Waals surface area contributed by atoms with Crippen LogP contribution in [0.4, 0.5) is 0 Å². The van der Waals surface area contributed by atoms with Crippen LogP contribution in [0.5, 0.6) is 5.75 Å². The van der Waals surface area contributed by atoms with Crippen molar-refractivity contribution in [3.05, 3.63) is 64.2 Å². The van der Waals surface area contributed by atoms with Crippen LogP contribution in [0.3, 0.4) is 0 Å². The molecule has 0 heterocycles. The molecule has 0 saturated heterocycles. The number of carbonyl (C=O) groups excluding carboxylic acids is 1. The summed E-state index contributed by atoms with van der Waals surface area (Å²) in [5, 5.41) is 0. The zero-order valence-corrected chi connectivity index (χ0v) is 17.1. The number of methoxy groups -OCH3 is 1. The molecule has 0 radical (unpaired) electrons. The van der Waals surface area contributed by atoms with Crippen LogP contribution >= 0.6 is 0 Å². The summed E-state index contributed by atoms with van der Waals surface area (Å²) >= 11 is 0. The monoisotopic (exact) mass is 350 g/mol. The highest BCUT2D eigenvalue weighted by Gasteiger charge is 2.34. The lowest BCUT2D eigenvalue weighted by Crippen LogP contribution is -2.21. The van der Waals surface area contributed by atoms with Crippen LogP contribution in [-0.4, -0.2) is 12.9 Å². The van der Waals surface area contributed by atoms with Gasteiger partial charge < -0.3 is 4.74 Å². The number of ketones is 1. The Morgan fingerprint density at radius 3 is 1.92 bits per heavy atom. The van der Waals surface area contributed by atoms with Crippen molar-refractivity contribution in [2.24, 2.45) is 0 Å². The van der Waals surface area contributed by atoms with Crippen molar-refractivity contribution in [1.29, 1.82) is 0 Å². The molecule has 2 aromatic carbocycles. The van der Waals surface area contributed by atoms with Gasteiger partial charge in [-0.05, 0) is 28.4 Å². The number of Topliss-reactive ketones (excluding diaryl/α,β-unsaturated/α-hetero) is 1. The quantitative estimate of drug-likeness (QED) is 0.683. The molecule has 0 aromatic heterocycles. The molecule has 0 N–H and O–H groups in total. The summed E-state index contributed by atoms with van der Waals surface area (Å²) in [5.41, 5.74) is 5.38. The molecule has 138 valence electrons. The second-order valence-electron chi connectivity index (χ2n) is 9.43. The van der Waals surface area contributed by atoms with Gasteiger partial charge >= 0.3 is 0 Å². The van der Waals surface area contributed by atoms with Gasteiger partial charge in [-0.3, -0.25) is 4.79 Å². The molecule has 3 rings (SSSR count). The van der Waals surface area contributed by atoms with E-state index in [4.69, 9.17) is 4.74 Å². The van der Waals surface area contributed by atoms with Gasteiger partial charge in [0.25, 0.3) is 0 Å². The van der Waals surface area contributed by atoms with E-state index in [0.717, 1.165) is 28.9 Å². The minimum absolute atomic E-state index is 0.0597. The van der Waals surface area contributed by atoms with E-state index in [9.17, 15) is 4.79 Å². The van der Waals surface area contributed by atoms with E-state index in [1.807, 2.05) is 18.2 Å². The second kappa shape index (κ2) is 6.26. The fraction of sp³-hybridized carbons (Fsp3) is 0.458. The Morgan fingerprint density at radius 2 is 1.46 bits per heavy atom. The maximum atomic E-state index is 13.0. The van der Waals surface area contributed by atoms with Crippen LogP contribution in [-0.2, 0) is 17.3 Å². The lowest BCUT2D eigenvalue weighted by atomic mass is 9.76. The molecular formula is C24H30O2. The van der Waals surface area contributed by atoms with E-state index in [0.29, 0.717) is 0 Å². The number of rotatable bonds is 2. The number of benzene rings is 2. The summed E-state index contributed by atoms with van der Waals surface area (Å²) in [5.74, 6) is 1.10. The lowest BCUT2D eigenvalue weighted by molar-refractivity contribution is 0.0972. The van der Waals surface area contributed by atoms with Gasteiger partial charge in [-0.15, -0.1) is 0 Å². The molecule has 1 aliphatic carbocycles. The Kier molecular flexibility index (Phi) is 4.50. The molecule has 2 nitrogen and oxygen atoms in total. The summed E-state index contributed by atoms with van der Waals surface area (Å²) in [6.45, 7) is 13.2. The fourth-order valence-electron chi connectivity index (χ4n) is 3.89. The van der Waals surface area contributed by atoms with Crippen molar-refractivity contribution in [2.45, 2.75) is 64.7 Å². The molecule has 2 heteroatoms. The van der Waals surface area contributed by atoms with Gasteiger partial charge in [-0.25, -0.2) is 0 Å². The van der Waals surface area contributed by atoms with Crippen LogP contribution in [0.2, 0.25) is 0 Å². The van der Waals surface area contributed by atoms with Crippen LogP contribution < -0.4 is 4.74 Å². The van der Waals surface area contributed by atoms with Gasteiger partial charge in [0.1, 0.15) is 5.75 Å². The standard InChI is InChI=1S/C24H30O2/c1-23(2,3)19-13-16(14-20(22(19)26-7)24(4,5)6)18-12-15-10-8-9-11-17(15)21(18)25/h8-11,13-14,18H,12H2,1-7H3. The van der Waals surface area contributed by atoms with E-state index < -0.39 is 0 Å². The first-order chi connectivity index (χ1) is 12.0. The number of carbonyl (C=O) groups is 1. The van der Waals surface area contributed by atoms with Crippen LogP contribution in [0.15, 0.2) is 36.4 Å². The smallest absolute Gasteiger partial charge is 0.170 e. The molecule has 0 bridgehead atoms. The largest absolute Gasteiger partial charge is 0.496 e.